The fraction of sp³-hybridized carbons (Fsp3) is 0.143. The second-order valence-electron chi connectivity index (χ2n) is 2.25. The number of hydrogen-bond acceptors (Lipinski definition) is 3. The third-order valence-corrected chi connectivity index (χ3v) is 1.82. The van der Waals surface area contributed by atoms with Crippen LogP contribution in [0.3, 0.4) is 0 Å². The van der Waals surface area contributed by atoms with E-state index < -0.39 is 11.3 Å². The molecule has 0 saturated heterocycles. The van der Waals surface area contributed by atoms with Crippen molar-refractivity contribution in [3.63, 3.8) is 0 Å². The monoisotopic (exact) mass is 185 g/mol. The molecule has 0 heterocycles. The van der Waals surface area contributed by atoms with Gasteiger partial charge in [-0.2, -0.15) is 0 Å². The number of anilines is 1. The van der Waals surface area contributed by atoms with Gasteiger partial charge < -0.3 is 10.3 Å². The molecular formula is C7H9N2O2S-. The molecule has 1 aromatic carbocycles. The van der Waals surface area contributed by atoms with Crippen molar-refractivity contribution in [2.75, 3.05) is 5.73 Å². The smallest absolute Gasteiger partial charge is 0.0359 e. The van der Waals surface area contributed by atoms with Gasteiger partial charge in [-0.1, -0.05) is 18.2 Å². The number of nitrogens with one attached hydrogen (secondary N) is 1. The summed E-state index contributed by atoms with van der Waals surface area (Å²) >= 11 is -2.23. The van der Waals surface area contributed by atoms with Gasteiger partial charge >= 0.3 is 0 Å². The van der Waals surface area contributed by atoms with Crippen LogP contribution in [0.4, 0.5) is 5.69 Å². The standard InChI is InChI=1S/C7H10N2O2S/c8-7-4-2-1-3-6(7)5-9-12(10)11/h1-4,9H,5,8H2,(H,10,11)/p-1. The summed E-state index contributed by atoms with van der Waals surface area (Å²) in [6, 6.07) is 7.11. The quantitative estimate of drug-likeness (QED) is 0.520. The summed E-state index contributed by atoms with van der Waals surface area (Å²) in [5.41, 5.74) is 6.94. The fourth-order valence-corrected chi connectivity index (χ4v) is 1.11. The molecular weight excluding hydrogens is 176 g/mol. The summed E-state index contributed by atoms with van der Waals surface area (Å²) in [4.78, 5) is 0. The average molecular weight is 185 g/mol. The largest absolute Gasteiger partial charge is 0.760 e. The first-order valence-electron chi connectivity index (χ1n) is 3.36. The van der Waals surface area contributed by atoms with Crippen LogP contribution in [0.15, 0.2) is 24.3 Å². The van der Waals surface area contributed by atoms with Gasteiger partial charge in [-0.3, -0.25) is 4.21 Å². The molecule has 0 aliphatic heterocycles. The SMILES string of the molecule is Nc1ccccc1CNS(=O)[O-]. The van der Waals surface area contributed by atoms with E-state index in [0.717, 1.165) is 5.56 Å². The van der Waals surface area contributed by atoms with Crippen LogP contribution >= 0.6 is 0 Å². The first-order valence-corrected chi connectivity index (χ1v) is 4.44. The van der Waals surface area contributed by atoms with Crippen molar-refractivity contribution in [3.8, 4) is 0 Å². The van der Waals surface area contributed by atoms with E-state index in [2.05, 4.69) is 4.72 Å². The molecule has 5 heteroatoms. The Morgan fingerprint density at radius 2 is 2.17 bits per heavy atom. The van der Waals surface area contributed by atoms with E-state index in [1.54, 1.807) is 24.3 Å². The number of benzene rings is 1. The fourth-order valence-electron chi connectivity index (χ4n) is 0.832. The van der Waals surface area contributed by atoms with E-state index in [4.69, 9.17) is 5.73 Å². The van der Waals surface area contributed by atoms with Crippen LogP contribution in [0.2, 0.25) is 0 Å². The zero-order valence-corrected chi connectivity index (χ0v) is 7.14. The van der Waals surface area contributed by atoms with Gasteiger partial charge in [-0.25, -0.2) is 4.72 Å². The van der Waals surface area contributed by atoms with E-state index in [9.17, 15) is 8.76 Å². The summed E-state index contributed by atoms with van der Waals surface area (Å²) in [6.45, 7) is 0.239. The number of nitrogens with two attached hydrogens (primary N) is 1. The van der Waals surface area contributed by atoms with Crippen LogP contribution in [-0.4, -0.2) is 8.76 Å². The van der Waals surface area contributed by atoms with Gasteiger partial charge in [-0.05, 0) is 11.6 Å². The third-order valence-electron chi connectivity index (χ3n) is 1.44. The molecule has 1 rings (SSSR count). The summed E-state index contributed by atoms with van der Waals surface area (Å²) in [6.07, 6.45) is 0. The van der Waals surface area contributed by atoms with Crippen LogP contribution in [-0.2, 0) is 17.8 Å². The molecule has 1 atom stereocenters. The van der Waals surface area contributed by atoms with Gasteiger partial charge in [0.05, 0.1) is 0 Å². The Morgan fingerprint density at radius 3 is 2.75 bits per heavy atom. The van der Waals surface area contributed by atoms with E-state index >= 15 is 0 Å². The van der Waals surface area contributed by atoms with Crippen molar-refractivity contribution < 1.29 is 8.76 Å². The van der Waals surface area contributed by atoms with Crippen molar-refractivity contribution in [3.05, 3.63) is 29.8 Å². The van der Waals surface area contributed by atoms with Gasteiger partial charge in [-0.15, -0.1) is 0 Å². The molecule has 1 aromatic rings. The van der Waals surface area contributed by atoms with Gasteiger partial charge in [0, 0.05) is 23.5 Å². The lowest BCUT2D eigenvalue weighted by Crippen LogP contribution is -2.16. The third kappa shape index (κ3) is 2.61. The Morgan fingerprint density at radius 1 is 1.50 bits per heavy atom. The Bertz CT molecular complexity index is 290. The normalized spacial score (nSPS) is 12.8. The Balaban J connectivity index is 2.63. The highest BCUT2D eigenvalue weighted by Crippen LogP contribution is 2.09. The molecule has 0 saturated carbocycles. The Hall–Kier alpha value is -0.910. The Labute approximate surface area is 73.2 Å². The summed E-state index contributed by atoms with van der Waals surface area (Å²) < 4.78 is 22.5. The molecule has 12 heavy (non-hydrogen) atoms. The predicted molar refractivity (Wildman–Crippen MR) is 46.6 cm³/mol. The second kappa shape index (κ2) is 4.20. The maximum absolute atomic E-state index is 10.1. The first kappa shape index (κ1) is 9.18. The van der Waals surface area contributed by atoms with Crippen molar-refractivity contribution in [1.29, 1.82) is 0 Å². The number of para-hydroxylation sites is 1. The molecule has 66 valence electrons. The van der Waals surface area contributed by atoms with Crippen LogP contribution in [0.25, 0.3) is 0 Å². The molecule has 0 amide bonds. The van der Waals surface area contributed by atoms with Crippen molar-refractivity contribution in [2.45, 2.75) is 6.54 Å². The zero-order valence-electron chi connectivity index (χ0n) is 6.32. The van der Waals surface area contributed by atoms with Crippen LogP contribution in [0, 0.1) is 0 Å². The molecule has 0 spiro atoms. The molecule has 0 aliphatic carbocycles. The lowest BCUT2D eigenvalue weighted by molar-refractivity contribution is 0.522. The minimum Gasteiger partial charge on any atom is -0.760 e. The van der Waals surface area contributed by atoms with Gasteiger partial charge in [0.25, 0.3) is 0 Å². The second-order valence-corrected chi connectivity index (χ2v) is 3.01. The molecule has 0 radical (unpaired) electrons. The van der Waals surface area contributed by atoms with Crippen molar-refractivity contribution >= 4 is 17.0 Å². The van der Waals surface area contributed by atoms with E-state index in [-0.39, 0.29) is 6.54 Å². The molecule has 0 fully saturated rings. The highest BCUT2D eigenvalue weighted by molar-refractivity contribution is 7.77. The highest BCUT2D eigenvalue weighted by Gasteiger charge is 1.95. The van der Waals surface area contributed by atoms with E-state index in [0.29, 0.717) is 5.69 Å². The minimum absolute atomic E-state index is 0.239. The van der Waals surface area contributed by atoms with E-state index in [1.165, 1.54) is 0 Å². The van der Waals surface area contributed by atoms with Crippen LogP contribution in [0.1, 0.15) is 5.56 Å². The van der Waals surface area contributed by atoms with Gasteiger partial charge in [0.1, 0.15) is 0 Å². The molecule has 3 N–H and O–H groups in total. The van der Waals surface area contributed by atoms with Crippen LogP contribution < -0.4 is 10.5 Å². The topological polar surface area (TPSA) is 78.2 Å². The van der Waals surface area contributed by atoms with Gasteiger partial charge in [0.15, 0.2) is 0 Å². The summed E-state index contributed by atoms with van der Waals surface area (Å²) in [7, 11) is 0. The van der Waals surface area contributed by atoms with Gasteiger partial charge in [0.2, 0.25) is 0 Å². The molecule has 0 aliphatic rings. The molecule has 1 unspecified atom stereocenters. The van der Waals surface area contributed by atoms with Crippen LogP contribution in [0.5, 0.6) is 0 Å². The first-order chi connectivity index (χ1) is 5.70. The lowest BCUT2D eigenvalue weighted by Gasteiger charge is -2.08. The predicted octanol–water partition coefficient (Wildman–Crippen LogP) is 0.152. The molecule has 0 bridgehead atoms. The molecule has 4 nitrogen and oxygen atoms in total. The maximum Gasteiger partial charge on any atom is 0.0359 e. The lowest BCUT2D eigenvalue weighted by atomic mass is 10.2. The number of hydrogen-bond donors (Lipinski definition) is 2. The summed E-state index contributed by atoms with van der Waals surface area (Å²) in [5.74, 6) is 0. The minimum atomic E-state index is -2.23. The van der Waals surface area contributed by atoms with Crippen molar-refractivity contribution in [2.24, 2.45) is 0 Å². The number of rotatable bonds is 3. The molecule has 0 aromatic heterocycles. The van der Waals surface area contributed by atoms with Crippen molar-refractivity contribution in [1.82, 2.24) is 4.72 Å². The zero-order chi connectivity index (χ0) is 8.97. The highest BCUT2D eigenvalue weighted by atomic mass is 32.2. The average Bonchev–Trinajstić information content (AvgIpc) is 2.03. The number of nitrogen functional groups attached to an aromatic ring is 1. The Kier molecular flexibility index (Phi) is 3.21. The summed E-state index contributed by atoms with van der Waals surface area (Å²) in [5, 5.41) is 0. The maximum atomic E-state index is 10.1. The van der Waals surface area contributed by atoms with E-state index in [1.807, 2.05) is 0 Å².